The van der Waals surface area contributed by atoms with Crippen LogP contribution in [0.2, 0.25) is 0 Å². The Labute approximate surface area is 198 Å². The molecule has 1 N–H and O–H groups in total. The molecular formula is C23H29N7O4. The highest BCUT2D eigenvalue weighted by Gasteiger charge is 2.24. The predicted molar refractivity (Wildman–Crippen MR) is 126 cm³/mol. The van der Waals surface area contributed by atoms with Gasteiger partial charge in [0.05, 0.1) is 33.1 Å². The number of nitrogens with zero attached hydrogens (tertiary/aromatic N) is 6. The monoisotopic (exact) mass is 467 g/mol. The maximum absolute atomic E-state index is 12.9. The first kappa shape index (κ1) is 23.3. The molecule has 0 atom stereocenters. The van der Waals surface area contributed by atoms with Gasteiger partial charge in [0.2, 0.25) is 0 Å². The van der Waals surface area contributed by atoms with E-state index in [1.165, 1.54) is 0 Å². The van der Waals surface area contributed by atoms with Crippen LogP contribution in [0.1, 0.15) is 12.7 Å². The highest BCUT2D eigenvalue weighted by atomic mass is 16.5. The van der Waals surface area contributed by atoms with Gasteiger partial charge in [-0.1, -0.05) is 6.07 Å². The van der Waals surface area contributed by atoms with E-state index < -0.39 is 0 Å². The van der Waals surface area contributed by atoms with E-state index in [0.717, 1.165) is 17.3 Å². The molecule has 1 aliphatic rings. The number of benzene rings is 2. The van der Waals surface area contributed by atoms with E-state index in [1.807, 2.05) is 37.3 Å². The fourth-order valence-corrected chi connectivity index (χ4v) is 3.82. The molecule has 3 aromatic rings. The van der Waals surface area contributed by atoms with Gasteiger partial charge in [-0.25, -0.2) is 4.79 Å². The Morgan fingerprint density at radius 1 is 1.00 bits per heavy atom. The third kappa shape index (κ3) is 5.20. The molecule has 2 aromatic carbocycles. The van der Waals surface area contributed by atoms with Crippen molar-refractivity contribution in [1.82, 2.24) is 30.0 Å². The van der Waals surface area contributed by atoms with Crippen LogP contribution < -0.4 is 19.5 Å². The summed E-state index contributed by atoms with van der Waals surface area (Å²) in [6.45, 7) is 5.70. The number of amides is 2. The second-order valence-electron chi connectivity index (χ2n) is 7.66. The third-order valence-corrected chi connectivity index (χ3v) is 5.61. The van der Waals surface area contributed by atoms with E-state index in [1.54, 1.807) is 35.9 Å². The number of urea groups is 1. The van der Waals surface area contributed by atoms with Crippen molar-refractivity contribution in [2.24, 2.45) is 0 Å². The molecule has 180 valence electrons. The van der Waals surface area contributed by atoms with Gasteiger partial charge in [-0.2, -0.15) is 4.68 Å². The standard InChI is InChI=1S/C23H29N7O4/c1-4-34-18-10-8-17(9-11-18)30-21(25-26-27-30)16-28-12-14-29(15-13-28)23(31)24-22-19(32-2)6-5-7-20(22)33-3/h5-11H,4,12-16H2,1-3H3,(H,24,31). The van der Waals surface area contributed by atoms with Gasteiger partial charge in [0.1, 0.15) is 22.9 Å². The number of para-hydroxylation sites is 1. The lowest BCUT2D eigenvalue weighted by Gasteiger charge is -2.34. The summed E-state index contributed by atoms with van der Waals surface area (Å²) in [6.07, 6.45) is 0. The Kier molecular flexibility index (Phi) is 7.43. The topological polar surface area (TPSA) is 107 Å². The number of carbonyl (C=O) groups excluding carboxylic acids is 1. The molecule has 34 heavy (non-hydrogen) atoms. The largest absolute Gasteiger partial charge is 0.494 e. The van der Waals surface area contributed by atoms with E-state index in [9.17, 15) is 4.79 Å². The zero-order chi connectivity index (χ0) is 23.9. The van der Waals surface area contributed by atoms with Crippen LogP contribution in [0.5, 0.6) is 17.2 Å². The maximum atomic E-state index is 12.9. The van der Waals surface area contributed by atoms with Crippen LogP contribution in [0.15, 0.2) is 42.5 Å². The first-order chi connectivity index (χ1) is 16.6. The summed E-state index contributed by atoms with van der Waals surface area (Å²) in [6, 6.07) is 12.8. The molecule has 1 fully saturated rings. The van der Waals surface area contributed by atoms with Gasteiger partial charge in [-0.15, -0.1) is 5.10 Å². The van der Waals surface area contributed by atoms with Crippen LogP contribution in [0.4, 0.5) is 10.5 Å². The van der Waals surface area contributed by atoms with Crippen LogP contribution in [-0.2, 0) is 6.54 Å². The fraction of sp³-hybridized carbons (Fsp3) is 0.391. The van der Waals surface area contributed by atoms with Crippen molar-refractivity contribution in [2.45, 2.75) is 13.5 Å². The Morgan fingerprint density at radius 2 is 1.68 bits per heavy atom. The molecule has 2 amide bonds. The van der Waals surface area contributed by atoms with Crippen molar-refractivity contribution in [3.05, 3.63) is 48.3 Å². The number of tetrazole rings is 1. The minimum Gasteiger partial charge on any atom is -0.494 e. The molecule has 0 unspecified atom stereocenters. The number of aromatic nitrogens is 4. The van der Waals surface area contributed by atoms with Gasteiger partial charge in [0.25, 0.3) is 0 Å². The Bertz CT molecular complexity index is 1070. The molecule has 11 nitrogen and oxygen atoms in total. The van der Waals surface area contributed by atoms with E-state index in [4.69, 9.17) is 14.2 Å². The van der Waals surface area contributed by atoms with E-state index in [2.05, 4.69) is 25.7 Å². The molecule has 1 aliphatic heterocycles. The normalized spacial score (nSPS) is 14.0. The van der Waals surface area contributed by atoms with E-state index in [0.29, 0.717) is 56.5 Å². The lowest BCUT2D eigenvalue weighted by atomic mass is 10.2. The summed E-state index contributed by atoms with van der Waals surface area (Å²) in [5.41, 5.74) is 1.39. The minimum absolute atomic E-state index is 0.193. The molecule has 1 aromatic heterocycles. The summed E-state index contributed by atoms with van der Waals surface area (Å²) in [4.78, 5) is 16.9. The summed E-state index contributed by atoms with van der Waals surface area (Å²) in [5.74, 6) is 2.64. The van der Waals surface area contributed by atoms with Crippen molar-refractivity contribution in [2.75, 3.05) is 52.3 Å². The van der Waals surface area contributed by atoms with Crippen LogP contribution in [-0.4, -0.2) is 83.0 Å². The average molecular weight is 468 g/mol. The average Bonchev–Trinajstić information content (AvgIpc) is 3.33. The highest BCUT2D eigenvalue weighted by molar-refractivity contribution is 5.93. The van der Waals surface area contributed by atoms with E-state index in [-0.39, 0.29) is 6.03 Å². The summed E-state index contributed by atoms with van der Waals surface area (Å²) < 4.78 is 18.0. The van der Waals surface area contributed by atoms with Crippen molar-refractivity contribution < 1.29 is 19.0 Å². The smallest absolute Gasteiger partial charge is 0.322 e. The van der Waals surface area contributed by atoms with Crippen LogP contribution in [0.3, 0.4) is 0 Å². The number of anilines is 1. The molecule has 4 rings (SSSR count). The van der Waals surface area contributed by atoms with Gasteiger partial charge in [0, 0.05) is 26.2 Å². The molecule has 2 heterocycles. The third-order valence-electron chi connectivity index (χ3n) is 5.61. The summed E-state index contributed by atoms with van der Waals surface area (Å²) in [7, 11) is 3.12. The highest BCUT2D eigenvalue weighted by Crippen LogP contribution is 2.34. The molecule has 0 aliphatic carbocycles. The van der Waals surface area contributed by atoms with E-state index >= 15 is 0 Å². The molecule has 0 bridgehead atoms. The Balaban J connectivity index is 1.35. The second-order valence-corrected chi connectivity index (χ2v) is 7.66. The lowest BCUT2D eigenvalue weighted by molar-refractivity contribution is 0.140. The first-order valence-corrected chi connectivity index (χ1v) is 11.1. The van der Waals surface area contributed by atoms with Crippen molar-refractivity contribution in [3.63, 3.8) is 0 Å². The second kappa shape index (κ2) is 10.8. The number of hydrogen-bond donors (Lipinski definition) is 1. The van der Waals surface area contributed by atoms with Gasteiger partial charge in [0.15, 0.2) is 5.82 Å². The van der Waals surface area contributed by atoms with Gasteiger partial charge in [-0.3, -0.25) is 4.90 Å². The number of methoxy groups -OCH3 is 2. The molecular weight excluding hydrogens is 438 g/mol. The summed E-state index contributed by atoms with van der Waals surface area (Å²) >= 11 is 0. The molecule has 0 saturated carbocycles. The number of piperazine rings is 1. The van der Waals surface area contributed by atoms with Crippen molar-refractivity contribution in [1.29, 1.82) is 0 Å². The maximum Gasteiger partial charge on any atom is 0.322 e. The number of ether oxygens (including phenoxy) is 3. The van der Waals surface area contributed by atoms with Crippen molar-refractivity contribution in [3.8, 4) is 22.9 Å². The molecule has 11 heteroatoms. The Hall–Kier alpha value is -3.86. The summed E-state index contributed by atoms with van der Waals surface area (Å²) in [5, 5.41) is 15.1. The lowest BCUT2D eigenvalue weighted by Crippen LogP contribution is -2.49. The number of rotatable bonds is 8. The SMILES string of the molecule is CCOc1ccc(-n2nnnc2CN2CCN(C(=O)Nc3c(OC)cccc3OC)CC2)cc1. The van der Waals surface area contributed by atoms with Gasteiger partial charge >= 0.3 is 6.03 Å². The molecule has 1 saturated heterocycles. The van der Waals surface area contributed by atoms with Crippen LogP contribution >= 0.6 is 0 Å². The number of nitrogens with one attached hydrogen (secondary N) is 1. The van der Waals surface area contributed by atoms with Crippen LogP contribution in [0.25, 0.3) is 5.69 Å². The molecule has 0 radical (unpaired) electrons. The number of carbonyl (C=O) groups is 1. The zero-order valence-electron chi connectivity index (χ0n) is 19.6. The number of hydrogen-bond acceptors (Lipinski definition) is 8. The van der Waals surface area contributed by atoms with Gasteiger partial charge in [-0.05, 0) is 53.7 Å². The minimum atomic E-state index is -0.193. The quantitative estimate of drug-likeness (QED) is 0.538. The zero-order valence-corrected chi connectivity index (χ0v) is 19.6. The van der Waals surface area contributed by atoms with Crippen LogP contribution in [0, 0.1) is 0 Å². The fourth-order valence-electron chi connectivity index (χ4n) is 3.82. The predicted octanol–water partition coefficient (Wildman–Crippen LogP) is 2.43. The first-order valence-electron chi connectivity index (χ1n) is 11.1. The Morgan fingerprint density at radius 3 is 2.29 bits per heavy atom. The van der Waals surface area contributed by atoms with Gasteiger partial charge < -0.3 is 24.4 Å². The molecule has 0 spiro atoms. The van der Waals surface area contributed by atoms with Crippen molar-refractivity contribution >= 4 is 11.7 Å².